The van der Waals surface area contributed by atoms with E-state index in [9.17, 15) is 5.11 Å². The molecule has 2 N–H and O–H groups in total. The van der Waals surface area contributed by atoms with Gasteiger partial charge in [0.25, 0.3) is 0 Å². The lowest BCUT2D eigenvalue weighted by Gasteiger charge is -2.20. The zero-order valence-electron chi connectivity index (χ0n) is 11.4. The number of methoxy groups -OCH3 is 2. The van der Waals surface area contributed by atoms with E-state index in [0.717, 1.165) is 5.56 Å². The Hall–Kier alpha value is -1.30. The first-order valence-electron chi connectivity index (χ1n) is 6.39. The SMILES string of the molecule is COc1ccc(CNCC2(O)CCOC2)cc1OC. The topological polar surface area (TPSA) is 60.0 Å². The van der Waals surface area contributed by atoms with Crippen molar-refractivity contribution in [3.8, 4) is 11.5 Å². The number of hydrogen-bond donors (Lipinski definition) is 2. The molecule has 5 heteroatoms. The minimum Gasteiger partial charge on any atom is -0.493 e. The highest BCUT2D eigenvalue weighted by Crippen LogP contribution is 2.27. The number of aliphatic hydroxyl groups is 1. The molecule has 106 valence electrons. The van der Waals surface area contributed by atoms with Gasteiger partial charge in [-0.05, 0) is 17.7 Å². The third-order valence-corrected chi connectivity index (χ3v) is 3.31. The zero-order valence-corrected chi connectivity index (χ0v) is 11.4. The maximum Gasteiger partial charge on any atom is 0.161 e. The van der Waals surface area contributed by atoms with E-state index in [-0.39, 0.29) is 0 Å². The zero-order chi connectivity index (χ0) is 13.7. The van der Waals surface area contributed by atoms with Crippen LogP contribution in [0.25, 0.3) is 0 Å². The average molecular weight is 267 g/mol. The second-order valence-corrected chi connectivity index (χ2v) is 4.82. The van der Waals surface area contributed by atoms with E-state index >= 15 is 0 Å². The largest absolute Gasteiger partial charge is 0.493 e. The Balaban J connectivity index is 1.89. The van der Waals surface area contributed by atoms with Crippen LogP contribution in [0.4, 0.5) is 0 Å². The van der Waals surface area contributed by atoms with Crippen LogP contribution < -0.4 is 14.8 Å². The second-order valence-electron chi connectivity index (χ2n) is 4.82. The molecule has 1 aromatic rings. The highest BCUT2D eigenvalue weighted by Gasteiger charge is 2.31. The van der Waals surface area contributed by atoms with Gasteiger partial charge in [0, 0.05) is 26.1 Å². The van der Waals surface area contributed by atoms with Gasteiger partial charge in [-0.15, -0.1) is 0 Å². The average Bonchev–Trinajstić information content (AvgIpc) is 2.85. The van der Waals surface area contributed by atoms with E-state index in [1.807, 2.05) is 18.2 Å². The van der Waals surface area contributed by atoms with E-state index in [2.05, 4.69) is 5.32 Å². The van der Waals surface area contributed by atoms with Crippen molar-refractivity contribution in [2.24, 2.45) is 0 Å². The Morgan fingerprint density at radius 3 is 2.74 bits per heavy atom. The summed E-state index contributed by atoms with van der Waals surface area (Å²) in [7, 11) is 3.24. The lowest BCUT2D eigenvalue weighted by Crippen LogP contribution is -2.40. The number of hydrogen-bond acceptors (Lipinski definition) is 5. The third-order valence-electron chi connectivity index (χ3n) is 3.31. The first kappa shape index (κ1) is 14.1. The fourth-order valence-electron chi connectivity index (χ4n) is 2.17. The van der Waals surface area contributed by atoms with Gasteiger partial charge in [-0.1, -0.05) is 6.07 Å². The van der Waals surface area contributed by atoms with Gasteiger partial charge in [-0.3, -0.25) is 0 Å². The summed E-state index contributed by atoms with van der Waals surface area (Å²) < 4.78 is 15.6. The van der Waals surface area contributed by atoms with Crippen LogP contribution in [-0.4, -0.2) is 44.7 Å². The Labute approximate surface area is 113 Å². The number of ether oxygens (including phenoxy) is 3. The van der Waals surface area contributed by atoms with E-state index in [1.54, 1.807) is 14.2 Å². The fraction of sp³-hybridized carbons (Fsp3) is 0.571. The molecular formula is C14H21NO4. The van der Waals surface area contributed by atoms with Gasteiger partial charge in [0.15, 0.2) is 11.5 Å². The highest BCUT2D eigenvalue weighted by molar-refractivity contribution is 5.42. The summed E-state index contributed by atoms with van der Waals surface area (Å²) in [6.07, 6.45) is 0.686. The molecule has 1 aliphatic heterocycles. The van der Waals surface area contributed by atoms with Crippen LogP contribution in [0.15, 0.2) is 18.2 Å². The molecule has 1 saturated heterocycles. The minimum absolute atomic E-state index is 0.409. The summed E-state index contributed by atoms with van der Waals surface area (Å²) in [4.78, 5) is 0. The van der Waals surface area contributed by atoms with Gasteiger partial charge in [-0.25, -0.2) is 0 Å². The Kier molecular flexibility index (Phi) is 4.63. The molecule has 1 aliphatic rings. The molecule has 0 bridgehead atoms. The maximum absolute atomic E-state index is 10.1. The van der Waals surface area contributed by atoms with Crippen LogP contribution in [0.5, 0.6) is 11.5 Å². The van der Waals surface area contributed by atoms with Crippen molar-refractivity contribution in [1.82, 2.24) is 5.32 Å². The van der Waals surface area contributed by atoms with Crippen molar-refractivity contribution in [3.63, 3.8) is 0 Å². The normalized spacial score (nSPS) is 22.5. The predicted octanol–water partition coefficient (Wildman–Crippen LogP) is 0.945. The summed E-state index contributed by atoms with van der Waals surface area (Å²) in [5.74, 6) is 1.43. The standard InChI is InChI=1S/C14H21NO4/c1-17-12-4-3-11(7-13(12)18-2)8-15-9-14(16)5-6-19-10-14/h3-4,7,15-16H,5-6,8-10H2,1-2H3. The van der Waals surface area contributed by atoms with Crippen LogP contribution >= 0.6 is 0 Å². The maximum atomic E-state index is 10.1. The van der Waals surface area contributed by atoms with Crippen molar-refractivity contribution in [3.05, 3.63) is 23.8 Å². The van der Waals surface area contributed by atoms with E-state index in [4.69, 9.17) is 14.2 Å². The van der Waals surface area contributed by atoms with Crippen LogP contribution in [0.2, 0.25) is 0 Å². The van der Waals surface area contributed by atoms with Crippen molar-refractivity contribution in [2.75, 3.05) is 34.0 Å². The van der Waals surface area contributed by atoms with Gasteiger partial charge in [-0.2, -0.15) is 0 Å². The molecule has 0 radical (unpaired) electrons. The molecule has 0 aliphatic carbocycles. The molecule has 1 fully saturated rings. The molecule has 5 nitrogen and oxygen atoms in total. The number of nitrogens with one attached hydrogen (secondary N) is 1. The molecule has 0 aromatic heterocycles. The molecule has 2 rings (SSSR count). The lowest BCUT2D eigenvalue weighted by molar-refractivity contribution is 0.0268. The summed E-state index contributed by atoms with van der Waals surface area (Å²) in [5, 5.41) is 13.4. The van der Waals surface area contributed by atoms with E-state index in [0.29, 0.717) is 44.2 Å². The summed E-state index contributed by atoms with van der Waals surface area (Å²) >= 11 is 0. The first-order chi connectivity index (χ1) is 9.17. The molecule has 1 aromatic carbocycles. The quantitative estimate of drug-likeness (QED) is 0.803. The summed E-state index contributed by atoms with van der Waals surface area (Å²) in [5.41, 5.74) is 0.358. The number of benzene rings is 1. The predicted molar refractivity (Wildman–Crippen MR) is 71.6 cm³/mol. The van der Waals surface area contributed by atoms with Crippen molar-refractivity contribution in [2.45, 2.75) is 18.6 Å². The van der Waals surface area contributed by atoms with Crippen molar-refractivity contribution < 1.29 is 19.3 Å². The third kappa shape index (κ3) is 3.59. The Morgan fingerprint density at radius 2 is 2.11 bits per heavy atom. The highest BCUT2D eigenvalue weighted by atomic mass is 16.5. The van der Waals surface area contributed by atoms with Gasteiger partial charge in [0.05, 0.1) is 20.8 Å². The van der Waals surface area contributed by atoms with Gasteiger partial charge < -0.3 is 24.6 Å². The Morgan fingerprint density at radius 1 is 1.32 bits per heavy atom. The molecule has 1 heterocycles. The van der Waals surface area contributed by atoms with Crippen LogP contribution in [0, 0.1) is 0 Å². The van der Waals surface area contributed by atoms with Crippen LogP contribution in [0.1, 0.15) is 12.0 Å². The molecule has 0 saturated carbocycles. The van der Waals surface area contributed by atoms with Crippen molar-refractivity contribution >= 4 is 0 Å². The van der Waals surface area contributed by atoms with Crippen molar-refractivity contribution in [1.29, 1.82) is 0 Å². The fourth-order valence-corrected chi connectivity index (χ4v) is 2.17. The molecule has 0 amide bonds. The van der Waals surface area contributed by atoms with Crippen LogP contribution in [0.3, 0.4) is 0 Å². The smallest absolute Gasteiger partial charge is 0.161 e. The summed E-state index contributed by atoms with van der Waals surface area (Å²) in [6, 6.07) is 5.79. The summed E-state index contributed by atoms with van der Waals surface area (Å²) in [6.45, 7) is 2.24. The van der Waals surface area contributed by atoms with Gasteiger partial charge in [0.1, 0.15) is 5.60 Å². The van der Waals surface area contributed by atoms with Gasteiger partial charge >= 0.3 is 0 Å². The number of rotatable bonds is 6. The van der Waals surface area contributed by atoms with E-state index < -0.39 is 5.60 Å². The molecule has 19 heavy (non-hydrogen) atoms. The minimum atomic E-state index is -0.726. The molecule has 1 atom stereocenters. The second kappa shape index (κ2) is 6.23. The molecule has 1 unspecified atom stereocenters. The van der Waals surface area contributed by atoms with E-state index in [1.165, 1.54) is 0 Å². The first-order valence-corrected chi connectivity index (χ1v) is 6.39. The van der Waals surface area contributed by atoms with Gasteiger partial charge in [0.2, 0.25) is 0 Å². The lowest BCUT2D eigenvalue weighted by atomic mass is 10.0. The van der Waals surface area contributed by atoms with Crippen LogP contribution in [-0.2, 0) is 11.3 Å². The molecule has 0 spiro atoms. The Bertz CT molecular complexity index is 416. The molecular weight excluding hydrogens is 246 g/mol. The monoisotopic (exact) mass is 267 g/mol.